The molecule has 0 atom stereocenters. The Labute approximate surface area is 113 Å². The van der Waals surface area contributed by atoms with Gasteiger partial charge in [0, 0.05) is 36.0 Å². The van der Waals surface area contributed by atoms with E-state index in [-0.39, 0.29) is 0 Å². The molecule has 4 heteroatoms. The fourth-order valence-electron chi connectivity index (χ4n) is 2.89. The summed E-state index contributed by atoms with van der Waals surface area (Å²) in [5.41, 5.74) is 3.79. The molecule has 0 amide bonds. The van der Waals surface area contributed by atoms with Gasteiger partial charge in [-0.1, -0.05) is 12.8 Å². The Morgan fingerprint density at radius 2 is 2.11 bits per heavy atom. The van der Waals surface area contributed by atoms with Gasteiger partial charge in [0.05, 0.1) is 11.4 Å². The van der Waals surface area contributed by atoms with Crippen LogP contribution in [0.3, 0.4) is 0 Å². The molecule has 1 aromatic heterocycles. The minimum Gasteiger partial charge on any atom is -0.312 e. The van der Waals surface area contributed by atoms with Crippen molar-refractivity contribution in [3.8, 4) is 0 Å². The Morgan fingerprint density at radius 1 is 1.28 bits per heavy atom. The molecule has 2 aliphatic rings. The van der Waals surface area contributed by atoms with Crippen molar-refractivity contribution in [2.45, 2.75) is 56.6 Å². The Bertz CT molecular complexity index is 427. The SMILES string of the molecule is Cc1nc(CSC2CCCC2)nc2c1CNCC2. The third-order valence-electron chi connectivity index (χ3n) is 3.94. The predicted octanol–water partition coefficient (Wildman–Crippen LogP) is 2.61. The molecule has 0 unspecified atom stereocenters. The average Bonchev–Trinajstić information content (AvgIpc) is 2.90. The highest BCUT2D eigenvalue weighted by atomic mass is 32.2. The molecule has 98 valence electrons. The van der Waals surface area contributed by atoms with E-state index in [1.807, 2.05) is 0 Å². The molecule has 1 aliphatic heterocycles. The summed E-state index contributed by atoms with van der Waals surface area (Å²) in [6.45, 7) is 4.12. The van der Waals surface area contributed by atoms with Crippen molar-refractivity contribution >= 4 is 11.8 Å². The monoisotopic (exact) mass is 263 g/mol. The summed E-state index contributed by atoms with van der Waals surface area (Å²) in [6.07, 6.45) is 6.65. The maximum absolute atomic E-state index is 4.76. The molecule has 1 aliphatic carbocycles. The highest BCUT2D eigenvalue weighted by Gasteiger charge is 2.18. The van der Waals surface area contributed by atoms with Crippen molar-refractivity contribution in [1.29, 1.82) is 0 Å². The van der Waals surface area contributed by atoms with Gasteiger partial charge in [0.2, 0.25) is 0 Å². The number of aryl methyl sites for hydroxylation is 1. The van der Waals surface area contributed by atoms with E-state index in [4.69, 9.17) is 4.98 Å². The summed E-state index contributed by atoms with van der Waals surface area (Å²) >= 11 is 2.06. The van der Waals surface area contributed by atoms with Crippen LogP contribution in [0.1, 0.15) is 48.5 Å². The second kappa shape index (κ2) is 5.57. The molecule has 2 heterocycles. The summed E-state index contributed by atoms with van der Waals surface area (Å²) in [6, 6.07) is 0. The van der Waals surface area contributed by atoms with Crippen molar-refractivity contribution in [3.63, 3.8) is 0 Å². The van der Waals surface area contributed by atoms with Crippen molar-refractivity contribution in [2.75, 3.05) is 6.54 Å². The predicted molar refractivity (Wildman–Crippen MR) is 75.7 cm³/mol. The molecule has 0 aromatic carbocycles. The van der Waals surface area contributed by atoms with Crippen molar-refractivity contribution in [3.05, 3.63) is 22.8 Å². The summed E-state index contributed by atoms with van der Waals surface area (Å²) < 4.78 is 0. The summed E-state index contributed by atoms with van der Waals surface area (Å²) in [7, 11) is 0. The Balaban J connectivity index is 1.70. The van der Waals surface area contributed by atoms with Gasteiger partial charge in [-0.25, -0.2) is 9.97 Å². The summed E-state index contributed by atoms with van der Waals surface area (Å²) in [5, 5.41) is 4.25. The number of thioether (sulfide) groups is 1. The molecule has 3 nitrogen and oxygen atoms in total. The molecule has 18 heavy (non-hydrogen) atoms. The normalized spacial score (nSPS) is 20.1. The van der Waals surface area contributed by atoms with E-state index in [1.165, 1.54) is 42.6 Å². The molecule has 3 rings (SSSR count). The lowest BCUT2D eigenvalue weighted by Crippen LogP contribution is -2.26. The van der Waals surface area contributed by atoms with Gasteiger partial charge < -0.3 is 5.32 Å². The number of rotatable bonds is 3. The van der Waals surface area contributed by atoms with Crippen LogP contribution in [0.2, 0.25) is 0 Å². The van der Waals surface area contributed by atoms with Gasteiger partial charge >= 0.3 is 0 Å². The Hall–Kier alpha value is -0.610. The fraction of sp³-hybridized carbons (Fsp3) is 0.714. The van der Waals surface area contributed by atoms with Crippen LogP contribution in [0.5, 0.6) is 0 Å². The number of fused-ring (bicyclic) bond motifs is 1. The maximum Gasteiger partial charge on any atom is 0.138 e. The molecule has 1 aromatic rings. The number of nitrogens with zero attached hydrogens (tertiary/aromatic N) is 2. The zero-order valence-corrected chi connectivity index (χ0v) is 11.9. The Morgan fingerprint density at radius 3 is 2.94 bits per heavy atom. The number of aromatic nitrogens is 2. The van der Waals surface area contributed by atoms with Gasteiger partial charge in [-0.05, 0) is 19.8 Å². The molecule has 0 radical (unpaired) electrons. The lowest BCUT2D eigenvalue weighted by atomic mass is 10.1. The molecular weight excluding hydrogens is 242 g/mol. The molecular formula is C14H21N3S. The van der Waals surface area contributed by atoms with Gasteiger partial charge in [0.25, 0.3) is 0 Å². The fourth-order valence-corrected chi connectivity index (χ4v) is 4.07. The van der Waals surface area contributed by atoms with Gasteiger partial charge in [-0.3, -0.25) is 0 Å². The first kappa shape index (κ1) is 12.4. The van der Waals surface area contributed by atoms with Crippen LogP contribution in [0.15, 0.2) is 0 Å². The van der Waals surface area contributed by atoms with Crippen molar-refractivity contribution in [2.24, 2.45) is 0 Å². The van der Waals surface area contributed by atoms with Gasteiger partial charge in [-0.15, -0.1) is 0 Å². The highest BCUT2D eigenvalue weighted by molar-refractivity contribution is 7.99. The summed E-state index contributed by atoms with van der Waals surface area (Å²) in [4.78, 5) is 9.44. The van der Waals surface area contributed by atoms with Crippen LogP contribution >= 0.6 is 11.8 Å². The molecule has 0 spiro atoms. The van der Waals surface area contributed by atoms with Crippen molar-refractivity contribution in [1.82, 2.24) is 15.3 Å². The first-order chi connectivity index (χ1) is 8.83. The van der Waals surface area contributed by atoms with E-state index in [2.05, 4.69) is 29.0 Å². The van der Waals surface area contributed by atoms with E-state index in [0.29, 0.717) is 0 Å². The molecule has 0 bridgehead atoms. The molecule has 0 saturated heterocycles. The van der Waals surface area contributed by atoms with Crippen LogP contribution in [0.25, 0.3) is 0 Å². The quantitative estimate of drug-likeness (QED) is 0.909. The number of nitrogens with one attached hydrogen (secondary N) is 1. The third kappa shape index (κ3) is 2.69. The zero-order valence-electron chi connectivity index (χ0n) is 11.0. The lowest BCUT2D eigenvalue weighted by molar-refractivity contribution is 0.617. The average molecular weight is 263 g/mol. The first-order valence-corrected chi connectivity index (χ1v) is 8.05. The Kier molecular flexibility index (Phi) is 3.85. The van der Waals surface area contributed by atoms with Crippen LogP contribution in [-0.4, -0.2) is 21.8 Å². The highest BCUT2D eigenvalue weighted by Crippen LogP contribution is 2.31. The van der Waals surface area contributed by atoms with E-state index >= 15 is 0 Å². The first-order valence-electron chi connectivity index (χ1n) is 7.00. The van der Waals surface area contributed by atoms with Gasteiger partial charge in [0.1, 0.15) is 5.82 Å². The minimum absolute atomic E-state index is 0.853. The molecule has 1 saturated carbocycles. The van der Waals surface area contributed by atoms with Crippen LogP contribution in [0, 0.1) is 6.92 Å². The van der Waals surface area contributed by atoms with Gasteiger partial charge in [0.15, 0.2) is 0 Å². The number of hydrogen-bond acceptors (Lipinski definition) is 4. The smallest absolute Gasteiger partial charge is 0.138 e. The summed E-state index contributed by atoms with van der Waals surface area (Å²) in [5.74, 6) is 2.04. The third-order valence-corrected chi connectivity index (χ3v) is 5.30. The van der Waals surface area contributed by atoms with Crippen LogP contribution < -0.4 is 5.32 Å². The molecule has 1 N–H and O–H groups in total. The van der Waals surface area contributed by atoms with E-state index in [1.54, 1.807) is 0 Å². The van der Waals surface area contributed by atoms with E-state index < -0.39 is 0 Å². The van der Waals surface area contributed by atoms with Crippen LogP contribution in [-0.2, 0) is 18.7 Å². The number of hydrogen-bond donors (Lipinski definition) is 1. The van der Waals surface area contributed by atoms with Gasteiger partial charge in [-0.2, -0.15) is 11.8 Å². The van der Waals surface area contributed by atoms with Crippen LogP contribution in [0.4, 0.5) is 0 Å². The standard InChI is InChI=1S/C14H21N3S/c1-10-12-8-15-7-6-13(12)17-14(16-10)9-18-11-4-2-3-5-11/h11,15H,2-9H2,1H3. The largest absolute Gasteiger partial charge is 0.312 e. The lowest BCUT2D eigenvalue weighted by Gasteiger charge is -2.19. The van der Waals surface area contributed by atoms with E-state index in [9.17, 15) is 0 Å². The zero-order chi connectivity index (χ0) is 12.4. The second-order valence-electron chi connectivity index (χ2n) is 5.29. The second-order valence-corrected chi connectivity index (χ2v) is 6.58. The minimum atomic E-state index is 0.853. The van der Waals surface area contributed by atoms with Crippen molar-refractivity contribution < 1.29 is 0 Å². The molecule has 1 fully saturated rings. The van der Waals surface area contributed by atoms with E-state index in [0.717, 1.165) is 36.3 Å². The topological polar surface area (TPSA) is 37.8 Å². The maximum atomic E-state index is 4.76.